The number of nitrogens with zero attached hydrogens (tertiary/aromatic N) is 2. The molecule has 2 unspecified atom stereocenters. The summed E-state index contributed by atoms with van der Waals surface area (Å²) in [5.74, 6) is 0.404. The molecule has 2 aliphatic rings. The molecule has 0 fully saturated rings. The highest BCUT2D eigenvalue weighted by atomic mass is 15.1. The Kier molecular flexibility index (Phi) is 4.04. The summed E-state index contributed by atoms with van der Waals surface area (Å²) < 4.78 is 5.04. The fourth-order valence-corrected chi connectivity index (χ4v) is 6.05. The van der Waals surface area contributed by atoms with Crippen molar-refractivity contribution in [1.29, 1.82) is 0 Å². The van der Waals surface area contributed by atoms with Gasteiger partial charge in [-0.3, -0.25) is 0 Å². The van der Waals surface area contributed by atoms with Crippen molar-refractivity contribution in [2.75, 3.05) is 0 Å². The minimum Gasteiger partial charge on any atom is -0.197 e. The highest BCUT2D eigenvalue weighted by Gasteiger charge is 2.44. The molecule has 2 aliphatic heterocycles. The third-order valence-corrected chi connectivity index (χ3v) is 7.61. The number of pyridine rings is 2. The lowest BCUT2D eigenvalue weighted by atomic mass is 9.78. The van der Waals surface area contributed by atoms with Crippen molar-refractivity contribution >= 4 is 10.8 Å². The summed E-state index contributed by atoms with van der Waals surface area (Å²) in [6, 6.07) is 34.2. The highest BCUT2D eigenvalue weighted by molar-refractivity contribution is 5.85. The van der Waals surface area contributed by atoms with Crippen LogP contribution in [0.1, 0.15) is 28.7 Å². The van der Waals surface area contributed by atoms with Crippen molar-refractivity contribution in [2.24, 2.45) is 0 Å². The summed E-state index contributed by atoms with van der Waals surface area (Å²) in [6.45, 7) is 3.15. The summed E-state index contributed by atoms with van der Waals surface area (Å²) >= 11 is 0. The molecule has 0 aliphatic carbocycles. The maximum absolute atomic E-state index is 2.58. The molecule has 3 aromatic carbocycles. The molecular formula is C31H26N2+2. The van der Waals surface area contributed by atoms with Gasteiger partial charge in [-0.2, -0.15) is 9.13 Å². The summed E-state index contributed by atoms with van der Waals surface area (Å²) in [6.07, 6.45) is 5.68. The Balaban J connectivity index is 1.52. The van der Waals surface area contributed by atoms with E-state index in [2.05, 4.69) is 119 Å². The van der Waals surface area contributed by atoms with Gasteiger partial charge in [0, 0.05) is 35.6 Å². The van der Waals surface area contributed by atoms with Crippen LogP contribution in [0.2, 0.25) is 0 Å². The first-order valence-electron chi connectivity index (χ1n) is 11.9. The molecule has 0 saturated carbocycles. The van der Waals surface area contributed by atoms with Crippen LogP contribution in [0.5, 0.6) is 0 Å². The van der Waals surface area contributed by atoms with Crippen molar-refractivity contribution in [3.05, 3.63) is 120 Å². The number of rotatable bonds is 0. The third kappa shape index (κ3) is 2.87. The molecule has 2 nitrogen and oxygen atoms in total. The molecule has 0 N–H and O–H groups in total. The molecule has 0 radical (unpaired) electrons. The van der Waals surface area contributed by atoms with Crippen molar-refractivity contribution < 1.29 is 9.13 Å². The fraction of sp³-hybridized carbons (Fsp3) is 0.161. The van der Waals surface area contributed by atoms with Gasteiger partial charge < -0.3 is 0 Å². The Hall–Kier alpha value is -3.78. The predicted octanol–water partition coefficient (Wildman–Crippen LogP) is 5.95. The average molecular weight is 427 g/mol. The molecule has 2 aromatic heterocycles. The van der Waals surface area contributed by atoms with E-state index in [4.69, 9.17) is 0 Å². The number of benzene rings is 3. The molecular weight excluding hydrogens is 400 g/mol. The second-order valence-corrected chi connectivity index (χ2v) is 9.56. The van der Waals surface area contributed by atoms with Gasteiger partial charge in [0.2, 0.25) is 11.4 Å². The largest absolute Gasteiger partial charge is 0.213 e. The second-order valence-electron chi connectivity index (χ2n) is 9.56. The van der Waals surface area contributed by atoms with E-state index in [1.165, 1.54) is 50.0 Å². The standard InChI is InChI=1S/C31H26N2/c1-21-13-14-23-19-33-30(18-24(23)16-21)27-11-5-4-10-26(27)28-20-32-15-7-6-12-29(32)25-9-3-2-8-22(25)17-31(28)33/h2-16,18-19,28,31H,17,20H2,1H3/q+2. The van der Waals surface area contributed by atoms with E-state index in [-0.39, 0.29) is 0 Å². The van der Waals surface area contributed by atoms with Crippen LogP contribution in [0, 0.1) is 6.92 Å². The van der Waals surface area contributed by atoms with Crippen molar-refractivity contribution in [3.63, 3.8) is 0 Å². The zero-order valence-electron chi connectivity index (χ0n) is 18.8. The second kappa shape index (κ2) is 7.11. The average Bonchev–Trinajstić information content (AvgIpc) is 2.84. The first-order valence-corrected chi connectivity index (χ1v) is 11.9. The van der Waals surface area contributed by atoms with Gasteiger partial charge in [0.1, 0.15) is 5.92 Å². The van der Waals surface area contributed by atoms with E-state index in [1.807, 2.05) is 0 Å². The van der Waals surface area contributed by atoms with Crippen LogP contribution in [0.3, 0.4) is 0 Å². The van der Waals surface area contributed by atoms with E-state index >= 15 is 0 Å². The predicted molar refractivity (Wildman–Crippen MR) is 132 cm³/mol. The van der Waals surface area contributed by atoms with Crippen LogP contribution >= 0.6 is 0 Å². The topological polar surface area (TPSA) is 7.76 Å². The molecule has 5 aromatic rings. The molecule has 0 spiro atoms. The Morgan fingerprint density at radius 2 is 1.55 bits per heavy atom. The molecule has 0 saturated heterocycles. The van der Waals surface area contributed by atoms with Crippen LogP contribution in [0.15, 0.2) is 103 Å². The normalized spacial score (nSPS) is 18.2. The Labute approximate surface area is 194 Å². The van der Waals surface area contributed by atoms with Gasteiger partial charge in [0.15, 0.2) is 25.0 Å². The van der Waals surface area contributed by atoms with Gasteiger partial charge in [-0.05, 0) is 47.7 Å². The van der Waals surface area contributed by atoms with E-state index in [1.54, 1.807) is 0 Å². The lowest BCUT2D eigenvalue weighted by Crippen LogP contribution is -2.53. The smallest absolute Gasteiger partial charge is 0.197 e. The van der Waals surface area contributed by atoms with Gasteiger partial charge in [-0.25, -0.2) is 0 Å². The molecule has 158 valence electrons. The minimum absolute atomic E-state index is 0.364. The SMILES string of the molecule is Cc1ccc2c[n+]3c(cc2c1)-c1ccccc1C1C[n+]2ccccc2-c2ccccc2CC13. The van der Waals surface area contributed by atoms with Gasteiger partial charge in [-0.1, -0.05) is 54.1 Å². The first kappa shape index (κ1) is 18.8. The van der Waals surface area contributed by atoms with Crippen molar-refractivity contribution in [1.82, 2.24) is 0 Å². The monoisotopic (exact) mass is 426 g/mol. The van der Waals surface area contributed by atoms with Gasteiger partial charge >= 0.3 is 0 Å². The Morgan fingerprint density at radius 1 is 0.727 bits per heavy atom. The summed E-state index contributed by atoms with van der Waals surface area (Å²) in [5.41, 5.74) is 9.57. The Morgan fingerprint density at radius 3 is 2.48 bits per heavy atom. The van der Waals surface area contributed by atoms with E-state index in [0.29, 0.717) is 12.0 Å². The minimum atomic E-state index is 0.364. The molecule has 0 amide bonds. The maximum Gasteiger partial charge on any atom is 0.213 e. The number of hydrogen-bond donors (Lipinski definition) is 0. The van der Waals surface area contributed by atoms with Gasteiger partial charge in [-0.15, -0.1) is 0 Å². The number of hydrogen-bond acceptors (Lipinski definition) is 0. The van der Waals surface area contributed by atoms with Crippen LogP contribution in [0.25, 0.3) is 33.3 Å². The number of aromatic nitrogens is 2. The van der Waals surface area contributed by atoms with Crippen LogP contribution in [-0.4, -0.2) is 0 Å². The molecule has 2 heteroatoms. The summed E-state index contributed by atoms with van der Waals surface area (Å²) in [4.78, 5) is 0. The van der Waals surface area contributed by atoms with Crippen molar-refractivity contribution in [2.45, 2.75) is 31.8 Å². The maximum atomic E-state index is 2.58. The molecule has 33 heavy (non-hydrogen) atoms. The summed E-state index contributed by atoms with van der Waals surface area (Å²) in [5, 5.41) is 2.63. The van der Waals surface area contributed by atoms with E-state index in [9.17, 15) is 0 Å². The van der Waals surface area contributed by atoms with Crippen LogP contribution in [-0.2, 0) is 13.0 Å². The molecule has 2 atom stereocenters. The molecule has 4 heterocycles. The molecule has 0 bridgehead atoms. The van der Waals surface area contributed by atoms with Crippen LogP contribution < -0.4 is 9.13 Å². The third-order valence-electron chi connectivity index (χ3n) is 7.61. The zero-order valence-corrected chi connectivity index (χ0v) is 18.8. The highest BCUT2D eigenvalue weighted by Crippen LogP contribution is 2.42. The lowest BCUT2D eigenvalue weighted by Gasteiger charge is -2.31. The van der Waals surface area contributed by atoms with Gasteiger partial charge in [0.25, 0.3) is 0 Å². The lowest BCUT2D eigenvalue weighted by molar-refractivity contribution is -0.740. The van der Waals surface area contributed by atoms with E-state index in [0.717, 1.165) is 13.0 Å². The summed E-state index contributed by atoms with van der Waals surface area (Å²) in [7, 11) is 0. The first-order chi connectivity index (χ1) is 16.3. The van der Waals surface area contributed by atoms with Crippen molar-refractivity contribution in [3.8, 4) is 22.5 Å². The quantitative estimate of drug-likeness (QED) is 0.270. The van der Waals surface area contributed by atoms with E-state index < -0.39 is 0 Å². The number of fused-ring (bicyclic) bond motifs is 10. The molecule has 7 rings (SSSR count). The van der Waals surface area contributed by atoms with Gasteiger partial charge in [0.05, 0.1) is 5.56 Å². The fourth-order valence-electron chi connectivity index (χ4n) is 6.05. The zero-order chi connectivity index (χ0) is 21.9. The van der Waals surface area contributed by atoms with Crippen LogP contribution in [0.4, 0.5) is 0 Å². The number of aryl methyl sites for hydroxylation is 1. The Bertz CT molecular complexity index is 1550.